The zero-order valence-corrected chi connectivity index (χ0v) is 16.4. The van der Waals surface area contributed by atoms with Crippen LogP contribution in [-0.4, -0.2) is 0 Å². The van der Waals surface area contributed by atoms with Crippen molar-refractivity contribution in [2.75, 3.05) is 0 Å². The summed E-state index contributed by atoms with van der Waals surface area (Å²) in [5, 5.41) is 0. The third-order valence-electron chi connectivity index (χ3n) is 5.85. The van der Waals surface area contributed by atoms with E-state index in [0.29, 0.717) is 0 Å². The van der Waals surface area contributed by atoms with E-state index in [-0.39, 0.29) is 5.41 Å². The molecule has 0 aliphatic heterocycles. The minimum absolute atomic E-state index is 0.0482. The molecule has 0 spiro atoms. The molecule has 0 heterocycles. The smallest absolute Gasteiger partial charge is 0.0240 e. The van der Waals surface area contributed by atoms with Crippen molar-refractivity contribution in [1.82, 2.24) is 0 Å². The Bertz CT molecular complexity index is 962. The van der Waals surface area contributed by atoms with Crippen molar-refractivity contribution in [2.45, 2.75) is 25.2 Å². The first-order valence-electron chi connectivity index (χ1n) is 10.1. The Morgan fingerprint density at radius 2 is 1.00 bits per heavy atom. The topological polar surface area (TPSA) is 0 Å². The molecular formula is C28H26. The summed E-state index contributed by atoms with van der Waals surface area (Å²) in [6.45, 7) is 2.31. The van der Waals surface area contributed by atoms with Crippen LogP contribution in [0.2, 0.25) is 0 Å². The van der Waals surface area contributed by atoms with Crippen LogP contribution in [0.15, 0.2) is 115 Å². The summed E-state index contributed by atoms with van der Waals surface area (Å²) < 4.78 is 0. The molecule has 28 heavy (non-hydrogen) atoms. The molecule has 0 radical (unpaired) electrons. The lowest BCUT2D eigenvalue weighted by atomic mass is 9.68. The van der Waals surface area contributed by atoms with Gasteiger partial charge in [-0.3, -0.25) is 0 Å². The molecule has 138 valence electrons. The average molecular weight is 363 g/mol. The summed E-state index contributed by atoms with van der Waals surface area (Å²) in [7, 11) is 0. The van der Waals surface area contributed by atoms with Crippen LogP contribution in [-0.2, 0) is 11.8 Å². The maximum Gasteiger partial charge on any atom is 0.0240 e. The predicted octanol–water partition coefficient (Wildman–Crippen LogP) is 7.29. The molecule has 0 bridgehead atoms. The Morgan fingerprint density at radius 3 is 1.54 bits per heavy atom. The lowest BCUT2D eigenvalue weighted by Crippen LogP contribution is -2.30. The molecule has 0 aliphatic rings. The third kappa shape index (κ3) is 3.51. The van der Waals surface area contributed by atoms with E-state index in [1.807, 2.05) is 0 Å². The summed E-state index contributed by atoms with van der Waals surface area (Å²) in [6, 6.07) is 41.5. The molecule has 0 amide bonds. The van der Waals surface area contributed by atoms with Crippen LogP contribution in [0.25, 0.3) is 11.1 Å². The molecule has 0 saturated heterocycles. The highest BCUT2D eigenvalue weighted by Crippen LogP contribution is 2.40. The van der Waals surface area contributed by atoms with Gasteiger partial charge >= 0.3 is 0 Å². The molecule has 4 rings (SSSR count). The molecule has 0 aromatic heterocycles. The molecule has 0 aliphatic carbocycles. The largest absolute Gasteiger partial charge is 0.0642 e. The Hall–Kier alpha value is -3.12. The predicted molar refractivity (Wildman–Crippen MR) is 120 cm³/mol. The molecule has 0 heteroatoms. The molecule has 0 N–H and O–H groups in total. The van der Waals surface area contributed by atoms with E-state index in [1.165, 1.54) is 27.8 Å². The highest BCUT2D eigenvalue weighted by atomic mass is 14.4. The lowest BCUT2D eigenvalue weighted by molar-refractivity contribution is 0.492. The quantitative estimate of drug-likeness (QED) is 0.338. The Balaban J connectivity index is 1.87. The maximum atomic E-state index is 2.31. The van der Waals surface area contributed by atoms with Crippen molar-refractivity contribution < 1.29 is 0 Å². The van der Waals surface area contributed by atoms with E-state index >= 15 is 0 Å². The Labute approximate surface area is 168 Å². The SMILES string of the molecule is CCC(Cc1ccccc1-c1ccccc1)(c1ccccc1)c1ccccc1. The lowest BCUT2D eigenvalue weighted by Gasteiger charge is -2.35. The van der Waals surface area contributed by atoms with Gasteiger partial charge < -0.3 is 0 Å². The molecule has 0 nitrogen and oxygen atoms in total. The van der Waals surface area contributed by atoms with E-state index in [9.17, 15) is 0 Å². The first kappa shape index (κ1) is 18.3. The van der Waals surface area contributed by atoms with Gasteiger partial charge in [0.25, 0.3) is 0 Å². The molecule has 0 saturated carbocycles. The minimum atomic E-state index is -0.0482. The number of hydrogen-bond donors (Lipinski definition) is 0. The van der Waals surface area contributed by atoms with Crippen molar-refractivity contribution in [3.05, 3.63) is 132 Å². The molecule has 0 unspecified atom stereocenters. The normalized spacial score (nSPS) is 11.3. The average Bonchev–Trinajstić information content (AvgIpc) is 2.79. The zero-order valence-electron chi connectivity index (χ0n) is 16.4. The highest BCUT2D eigenvalue weighted by molar-refractivity contribution is 5.68. The van der Waals surface area contributed by atoms with E-state index in [4.69, 9.17) is 0 Å². The van der Waals surface area contributed by atoms with Crippen molar-refractivity contribution in [1.29, 1.82) is 0 Å². The van der Waals surface area contributed by atoms with Gasteiger partial charge in [0.1, 0.15) is 0 Å². The van der Waals surface area contributed by atoms with E-state index in [2.05, 4.69) is 122 Å². The van der Waals surface area contributed by atoms with E-state index in [1.54, 1.807) is 0 Å². The molecule has 0 fully saturated rings. The number of benzene rings is 4. The van der Waals surface area contributed by atoms with Crippen molar-refractivity contribution >= 4 is 0 Å². The minimum Gasteiger partial charge on any atom is -0.0642 e. The monoisotopic (exact) mass is 362 g/mol. The fraction of sp³-hybridized carbons (Fsp3) is 0.143. The molecule has 0 atom stereocenters. The Morgan fingerprint density at radius 1 is 0.536 bits per heavy atom. The standard InChI is InChI=1S/C28H26/c1-2-28(25-17-8-4-9-18-25,26-19-10-5-11-20-26)22-24-16-12-13-21-27(24)23-14-6-3-7-15-23/h3-21H,2,22H2,1H3. The van der Waals surface area contributed by atoms with Crippen LogP contribution in [0.1, 0.15) is 30.0 Å². The van der Waals surface area contributed by atoms with Crippen molar-refractivity contribution in [2.24, 2.45) is 0 Å². The van der Waals surface area contributed by atoms with E-state index < -0.39 is 0 Å². The van der Waals surface area contributed by atoms with Gasteiger partial charge in [-0.25, -0.2) is 0 Å². The van der Waals surface area contributed by atoms with Crippen LogP contribution >= 0.6 is 0 Å². The number of hydrogen-bond acceptors (Lipinski definition) is 0. The van der Waals surface area contributed by atoms with Gasteiger partial charge in [-0.2, -0.15) is 0 Å². The highest BCUT2D eigenvalue weighted by Gasteiger charge is 2.33. The van der Waals surface area contributed by atoms with Gasteiger partial charge in [0, 0.05) is 5.41 Å². The Kier molecular flexibility index (Phi) is 5.39. The van der Waals surface area contributed by atoms with Crippen LogP contribution in [0.4, 0.5) is 0 Å². The third-order valence-corrected chi connectivity index (χ3v) is 5.85. The van der Waals surface area contributed by atoms with Crippen molar-refractivity contribution in [3.63, 3.8) is 0 Å². The second kappa shape index (κ2) is 8.27. The van der Waals surface area contributed by atoms with Crippen LogP contribution in [0, 0.1) is 0 Å². The first-order chi connectivity index (χ1) is 13.8. The first-order valence-corrected chi connectivity index (χ1v) is 10.1. The van der Waals surface area contributed by atoms with E-state index in [0.717, 1.165) is 12.8 Å². The second-order valence-corrected chi connectivity index (χ2v) is 7.37. The van der Waals surface area contributed by atoms with Crippen LogP contribution < -0.4 is 0 Å². The van der Waals surface area contributed by atoms with Gasteiger partial charge in [-0.05, 0) is 40.7 Å². The van der Waals surface area contributed by atoms with Gasteiger partial charge in [-0.1, -0.05) is 122 Å². The summed E-state index contributed by atoms with van der Waals surface area (Å²) in [4.78, 5) is 0. The molecule has 4 aromatic carbocycles. The molecule has 4 aromatic rings. The molecular weight excluding hydrogens is 336 g/mol. The zero-order chi connectivity index (χ0) is 19.2. The van der Waals surface area contributed by atoms with Gasteiger partial charge in [0.05, 0.1) is 0 Å². The summed E-state index contributed by atoms with van der Waals surface area (Å²) in [6.07, 6.45) is 2.02. The second-order valence-electron chi connectivity index (χ2n) is 7.37. The van der Waals surface area contributed by atoms with Gasteiger partial charge in [-0.15, -0.1) is 0 Å². The fourth-order valence-electron chi connectivity index (χ4n) is 4.32. The maximum absolute atomic E-state index is 2.31. The van der Waals surface area contributed by atoms with Gasteiger partial charge in [0.15, 0.2) is 0 Å². The summed E-state index contributed by atoms with van der Waals surface area (Å²) >= 11 is 0. The fourth-order valence-corrected chi connectivity index (χ4v) is 4.32. The summed E-state index contributed by atoms with van der Waals surface area (Å²) in [5.74, 6) is 0. The number of rotatable bonds is 6. The van der Waals surface area contributed by atoms with Crippen LogP contribution in [0.3, 0.4) is 0 Å². The van der Waals surface area contributed by atoms with Crippen LogP contribution in [0.5, 0.6) is 0 Å². The van der Waals surface area contributed by atoms with Crippen molar-refractivity contribution in [3.8, 4) is 11.1 Å². The summed E-state index contributed by atoms with van der Waals surface area (Å²) in [5.41, 5.74) is 6.71. The van der Waals surface area contributed by atoms with Gasteiger partial charge in [0.2, 0.25) is 0 Å².